The second kappa shape index (κ2) is 7.49. The van der Waals surface area contributed by atoms with Gasteiger partial charge in [-0.1, -0.05) is 0 Å². The summed E-state index contributed by atoms with van der Waals surface area (Å²) in [5.41, 5.74) is -1.65. The van der Waals surface area contributed by atoms with Crippen LogP contribution in [-0.4, -0.2) is 67.5 Å². The summed E-state index contributed by atoms with van der Waals surface area (Å²) in [6, 6.07) is 2.81. The molecule has 1 heterocycles. The topological polar surface area (TPSA) is 126 Å². The Kier molecular flexibility index (Phi) is 6.19. The number of rotatable bonds is 8. The molecule has 23 heavy (non-hydrogen) atoms. The number of sulfonamides is 1. The Labute approximate surface area is 134 Å². The van der Waals surface area contributed by atoms with E-state index in [-0.39, 0.29) is 11.5 Å². The van der Waals surface area contributed by atoms with Crippen LogP contribution in [0.3, 0.4) is 0 Å². The van der Waals surface area contributed by atoms with E-state index in [1.807, 2.05) is 0 Å². The van der Waals surface area contributed by atoms with Crippen molar-refractivity contribution in [2.75, 3.05) is 27.3 Å². The molecule has 1 aromatic rings. The molecule has 0 saturated heterocycles. The number of pyridine rings is 1. The van der Waals surface area contributed by atoms with Crippen molar-refractivity contribution in [2.24, 2.45) is 0 Å². The van der Waals surface area contributed by atoms with Gasteiger partial charge in [-0.25, -0.2) is 13.2 Å². The molecule has 0 radical (unpaired) electrons. The van der Waals surface area contributed by atoms with Crippen molar-refractivity contribution in [3.05, 3.63) is 24.5 Å². The normalized spacial score (nSPS) is 14.3. The predicted molar refractivity (Wildman–Crippen MR) is 80.1 cm³/mol. The molecule has 1 rings (SSSR count). The quantitative estimate of drug-likeness (QED) is 0.638. The third kappa shape index (κ3) is 4.71. The molecular weight excluding hydrogens is 326 g/mol. The molecule has 9 nitrogen and oxygen atoms in total. The fraction of sp³-hybridized carbons (Fsp3) is 0.462. The highest BCUT2D eigenvalue weighted by Crippen LogP contribution is 2.12. The zero-order valence-electron chi connectivity index (χ0n) is 13.0. The molecule has 0 spiro atoms. The van der Waals surface area contributed by atoms with Gasteiger partial charge < -0.3 is 15.2 Å². The predicted octanol–water partition coefficient (Wildman–Crippen LogP) is -0.692. The number of likely N-dealkylation sites (N-methyl/N-ethyl adjacent to an activating group) is 1. The number of carbonyl (C=O) groups excluding carboxylic acids is 1. The number of methoxy groups -OCH3 is 1. The van der Waals surface area contributed by atoms with Crippen LogP contribution in [0.1, 0.15) is 6.92 Å². The highest BCUT2D eigenvalue weighted by atomic mass is 32.2. The van der Waals surface area contributed by atoms with Crippen LogP contribution in [-0.2, 0) is 24.3 Å². The summed E-state index contributed by atoms with van der Waals surface area (Å²) < 4.78 is 30.1. The van der Waals surface area contributed by atoms with E-state index in [1.54, 1.807) is 0 Å². The molecule has 2 N–H and O–H groups in total. The van der Waals surface area contributed by atoms with E-state index in [1.165, 1.54) is 39.4 Å². The molecule has 128 valence electrons. The van der Waals surface area contributed by atoms with Gasteiger partial charge >= 0.3 is 5.97 Å². The lowest BCUT2D eigenvalue weighted by Crippen LogP contribution is -2.57. The Balaban J connectivity index is 2.83. The summed E-state index contributed by atoms with van der Waals surface area (Å²) in [5.74, 6) is -2.05. The van der Waals surface area contributed by atoms with Crippen LogP contribution in [0.4, 0.5) is 0 Å². The van der Waals surface area contributed by atoms with Gasteiger partial charge in [-0.3, -0.25) is 9.78 Å². The van der Waals surface area contributed by atoms with Gasteiger partial charge in [-0.05, 0) is 19.1 Å². The molecule has 1 aromatic heterocycles. The van der Waals surface area contributed by atoms with E-state index in [0.29, 0.717) is 0 Å². The molecule has 1 atom stereocenters. The fourth-order valence-electron chi connectivity index (χ4n) is 1.75. The van der Waals surface area contributed by atoms with Crippen LogP contribution in [0.5, 0.6) is 0 Å². The van der Waals surface area contributed by atoms with E-state index in [4.69, 9.17) is 9.84 Å². The SMILES string of the molecule is COCC(C)(NC(=O)CN(C)S(=O)(=O)c1cccnc1)C(=O)O. The summed E-state index contributed by atoms with van der Waals surface area (Å²) in [7, 11) is -1.37. The molecule has 1 unspecified atom stereocenters. The van der Waals surface area contributed by atoms with Gasteiger partial charge in [0.1, 0.15) is 4.90 Å². The van der Waals surface area contributed by atoms with Crippen molar-refractivity contribution in [3.8, 4) is 0 Å². The lowest BCUT2D eigenvalue weighted by atomic mass is 10.0. The van der Waals surface area contributed by atoms with Crippen LogP contribution < -0.4 is 5.32 Å². The van der Waals surface area contributed by atoms with Crippen LogP contribution in [0.15, 0.2) is 29.4 Å². The van der Waals surface area contributed by atoms with Crippen molar-refractivity contribution >= 4 is 21.9 Å². The number of hydrogen-bond acceptors (Lipinski definition) is 6. The van der Waals surface area contributed by atoms with Crippen molar-refractivity contribution in [2.45, 2.75) is 17.4 Å². The number of aromatic nitrogens is 1. The van der Waals surface area contributed by atoms with E-state index in [0.717, 1.165) is 10.5 Å². The number of aliphatic carboxylic acids is 1. The summed E-state index contributed by atoms with van der Waals surface area (Å²) in [6.07, 6.45) is 2.59. The van der Waals surface area contributed by atoms with Gasteiger partial charge in [-0.2, -0.15) is 4.31 Å². The average molecular weight is 345 g/mol. The number of nitrogens with one attached hydrogen (secondary N) is 1. The van der Waals surface area contributed by atoms with Gasteiger partial charge in [-0.15, -0.1) is 0 Å². The Morgan fingerprint density at radius 2 is 2.13 bits per heavy atom. The molecule has 0 bridgehead atoms. The molecular formula is C13H19N3O6S. The largest absolute Gasteiger partial charge is 0.479 e. The number of ether oxygens (including phenoxy) is 1. The van der Waals surface area contributed by atoms with E-state index >= 15 is 0 Å². The number of carboxylic acid groups (broad SMARTS) is 1. The molecule has 0 aliphatic heterocycles. The summed E-state index contributed by atoms with van der Waals surface area (Å²) in [4.78, 5) is 26.8. The number of amides is 1. The minimum atomic E-state index is -3.89. The lowest BCUT2D eigenvalue weighted by molar-refractivity contribution is -0.149. The molecule has 0 aromatic carbocycles. The maximum absolute atomic E-state index is 12.3. The monoisotopic (exact) mass is 345 g/mol. The summed E-state index contributed by atoms with van der Waals surface area (Å²) >= 11 is 0. The Morgan fingerprint density at radius 1 is 1.48 bits per heavy atom. The van der Waals surface area contributed by atoms with Crippen molar-refractivity contribution < 1.29 is 27.9 Å². The van der Waals surface area contributed by atoms with Crippen LogP contribution in [0.25, 0.3) is 0 Å². The molecule has 1 amide bonds. The highest BCUT2D eigenvalue weighted by Gasteiger charge is 2.36. The first kappa shape index (κ1) is 19.0. The molecule has 0 saturated carbocycles. The van der Waals surface area contributed by atoms with Crippen LogP contribution in [0, 0.1) is 0 Å². The number of carbonyl (C=O) groups is 2. The smallest absolute Gasteiger partial charge is 0.331 e. The third-order valence-corrected chi connectivity index (χ3v) is 4.82. The van der Waals surface area contributed by atoms with Gasteiger partial charge in [0, 0.05) is 26.6 Å². The van der Waals surface area contributed by atoms with Gasteiger partial charge in [0.2, 0.25) is 15.9 Å². The summed E-state index contributed by atoms with van der Waals surface area (Å²) in [5, 5.41) is 11.4. The van der Waals surface area contributed by atoms with Crippen LogP contribution >= 0.6 is 0 Å². The number of nitrogens with zero attached hydrogens (tertiary/aromatic N) is 2. The molecule has 0 aliphatic rings. The highest BCUT2D eigenvalue weighted by molar-refractivity contribution is 7.89. The first-order valence-electron chi connectivity index (χ1n) is 6.53. The third-order valence-electron chi connectivity index (χ3n) is 3.03. The standard InChI is InChI=1S/C13H19N3O6S/c1-13(9-22-3,12(18)19)15-11(17)8-16(2)23(20,21)10-5-4-6-14-7-10/h4-7H,8-9H2,1-3H3,(H,15,17)(H,18,19). The maximum Gasteiger partial charge on any atom is 0.331 e. The molecule has 0 aliphatic carbocycles. The minimum absolute atomic E-state index is 0.0619. The van der Waals surface area contributed by atoms with E-state index in [2.05, 4.69) is 10.3 Å². The van der Waals surface area contributed by atoms with Crippen LogP contribution in [0.2, 0.25) is 0 Å². The molecule has 0 fully saturated rings. The second-order valence-corrected chi connectivity index (χ2v) is 7.11. The van der Waals surface area contributed by atoms with Gasteiger partial charge in [0.15, 0.2) is 5.54 Å². The van der Waals surface area contributed by atoms with Crippen molar-refractivity contribution in [1.82, 2.24) is 14.6 Å². The zero-order valence-corrected chi connectivity index (χ0v) is 13.8. The summed E-state index contributed by atoms with van der Waals surface area (Å²) in [6.45, 7) is 0.475. The Hall–Kier alpha value is -2.04. The number of carboxylic acids is 1. The van der Waals surface area contributed by atoms with Crippen molar-refractivity contribution in [3.63, 3.8) is 0 Å². The van der Waals surface area contributed by atoms with E-state index in [9.17, 15) is 18.0 Å². The first-order chi connectivity index (χ1) is 10.6. The Bertz CT molecular complexity index is 664. The maximum atomic E-state index is 12.3. The number of hydrogen-bond donors (Lipinski definition) is 2. The fourth-order valence-corrected chi connectivity index (χ4v) is 2.85. The first-order valence-corrected chi connectivity index (χ1v) is 7.97. The average Bonchev–Trinajstić information content (AvgIpc) is 2.47. The lowest BCUT2D eigenvalue weighted by Gasteiger charge is -2.26. The zero-order chi connectivity index (χ0) is 17.7. The molecule has 10 heteroatoms. The van der Waals surface area contributed by atoms with Gasteiger partial charge in [0.05, 0.1) is 13.2 Å². The Morgan fingerprint density at radius 3 is 2.61 bits per heavy atom. The van der Waals surface area contributed by atoms with Crippen molar-refractivity contribution in [1.29, 1.82) is 0 Å². The van der Waals surface area contributed by atoms with Gasteiger partial charge in [0.25, 0.3) is 0 Å². The second-order valence-electron chi connectivity index (χ2n) is 5.07. The minimum Gasteiger partial charge on any atom is -0.479 e. The van der Waals surface area contributed by atoms with E-state index < -0.39 is 34.0 Å².